The van der Waals surface area contributed by atoms with E-state index in [1.54, 1.807) is 24.3 Å². The minimum absolute atomic E-state index is 0.408. The van der Waals surface area contributed by atoms with E-state index in [1.165, 1.54) is 5.56 Å². The maximum absolute atomic E-state index is 8.90. The molecule has 1 heterocycles. The number of aryl methyl sites for hydroxylation is 1. The zero-order chi connectivity index (χ0) is 19.3. The van der Waals surface area contributed by atoms with E-state index in [0.717, 1.165) is 22.4 Å². The molecule has 28 heavy (non-hydrogen) atoms. The number of hydrogen-bond donors (Lipinski definition) is 0. The fourth-order valence-electron chi connectivity index (χ4n) is 2.80. The van der Waals surface area contributed by atoms with Crippen molar-refractivity contribution in [3.8, 4) is 34.7 Å². The highest BCUT2D eigenvalue weighted by molar-refractivity contribution is 5.61. The molecule has 0 saturated heterocycles. The van der Waals surface area contributed by atoms with E-state index < -0.39 is 0 Å². The SMILES string of the molecule is Cc1ccccc1COc1cccc(-c2noc(-c3ccc(C#N)cc3)n2)c1. The second kappa shape index (κ2) is 7.77. The van der Waals surface area contributed by atoms with E-state index in [9.17, 15) is 0 Å². The number of hydrogen-bond acceptors (Lipinski definition) is 5. The molecule has 5 heteroatoms. The van der Waals surface area contributed by atoms with E-state index in [4.69, 9.17) is 14.5 Å². The van der Waals surface area contributed by atoms with Crippen LogP contribution in [0, 0.1) is 18.3 Å². The zero-order valence-electron chi connectivity index (χ0n) is 15.3. The fraction of sp³-hybridized carbons (Fsp3) is 0.0870. The molecule has 0 aliphatic carbocycles. The average Bonchev–Trinajstić information content (AvgIpc) is 3.24. The lowest BCUT2D eigenvalue weighted by molar-refractivity contribution is 0.305. The minimum Gasteiger partial charge on any atom is -0.489 e. The Morgan fingerprint density at radius 3 is 2.57 bits per heavy atom. The predicted octanol–water partition coefficient (Wildman–Crippen LogP) is 5.16. The first kappa shape index (κ1) is 17.5. The molecule has 1 aromatic heterocycles. The van der Waals surface area contributed by atoms with Gasteiger partial charge in [0.25, 0.3) is 5.89 Å². The maximum atomic E-state index is 8.90. The second-order valence-electron chi connectivity index (χ2n) is 6.36. The largest absolute Gasteiger partial charge is 0.489 e. The summed E-state index contributed by atoms with van der Waals surface area (Å²) in [6, 6.07) is 24.9. The lowest BCUT2D eigenvalue weighted by Gasteiger charge is -2.09. The number of ether oxygens (including phenoxy) is 1. The van der Waals surface area contributed by atoms with Crippen LogP contribution in [0.25, 0.3) is 22.8 Å². The summed E-state index contributed by atoms with van der Waals surface area (Å²) in [5.74, 6) is 1.64. The highest BCUT2D eigenvalue weighted by Gasteiger charge is 2.11. The first-order chi connectivity index (χ1) is 13.7. The number of rotatable bonds is 5. The molecule has 4 rings (SSSR count). The fourth-order valence-corrected chi connectivity index (χ4v) is 2.80. The van der Waals surface area contributed by atoms with Crippen molar-refractivity contribution in [1.29, 1.82) is 5.26 Å². The van der Waals surface area contributed by atoms with Crippen LogP contribution in [0.3, 0.4) is 0 Å². The smallest absolute Gasteiger partial charge is 0.258 e. The molecule has 0 bridgehead atoms. The normalized spacial score (nSPS) is 10.4. The van der Waals surface area contributed by atoms with Crippen molar-refractivity contribution in [2.75, 3.05) is 0 Å². The number of nitriles is 1. The van der Waals surface area contributed by atoms with Crippen LogP contribution >= 0.6 is 0 Å². The number of nitrogens with zero attached hydrogens (tertiary/aromatic N) is 3. The highest BCUT2D eigenvalue weighted by Crippen LogP contribution is 2.25. The molecule has 0 unspecified atom stereocenters. The second-order valence-corrected chi connectivity index (χ2v) is 6.36. The molecule has 136 valence electrons. The van der Waals surface area contributed by atoms with Gasteiger partial charge in [-0.25, -0.2) is 0 Å². The zero-order valence-corrected chi connectivity index (χ0v) is 15.3. The summed E-state index contributed by atoms with van der Waals surface area (Å²) in [6.07, 6.45) is 0. The summed E-state index contributed by atoms with van der Waals surface area (Å²) >= 11 is 0. The van der Waals surface area contributed by atoms with Gasteiger partial charge in [0.1, 0.15) is 12.4 Å². The quantitative estimate of drug-likeness (QED) is 0.487. The topological polar surface area (TPSA) is 71.9 Å². The molecular formula is C23H17N3O2. The lowest BCUT2D eigenvalue weighted by atomic mass is 10.1. The summed E-state index contributed by atoms with van der Waals surface area (Å²) in [5.41, 5.74) is 4.51. The third-order valence-electron chi connectivity index (χ3n) is 4.43. The van der Waals surface area contributed by atoms with Gasteiger partial charge in [-0.05, 0) is 54.4 Å². The van der Waals surface area contributed by atoms with Crippen LogP contribution in [-0.4, -0.2) is 10.1 Å². The Morgan fingerprint density at radius 1 is 0.964 bits per heavy atom. The summed E-state index contributed by atoms with van der Waals surface area (Å²) in [4.78, 5) is 4.46. The summed E-state index contributed by atoms with van der Waals surface area (Å²) < 4.78 is 11.3. The Labute approximate surface area is 162 Å². The highest BCUT2D eigenvalue weighted by atomic mass is 16.5. The molecule has 0 aliphatic heterocycles. The average molecular weight is 367 g/mol. The van der Waals surface area contributed by atoms with Gasteiger partial charge in [-0.1, -0.05) is 41.6 Å². The summed E-state index contributed by atoms with van der Waals surface area (Å²) in [7, 11) is 0. The third-order valence-corrected chi connectivity index (χ3v) is 4.43. The van der Waals surface area contributed by atoms with Crippen LogP contribution in [0.4, 0.5) is 0 Å². The van der Waals surface area contributed by atoms with Gasteiger partial charge in [0, 0.05) is 11.1 Å². The van der Waals surface area contributed by atoms with Gasteiger partial charge >= 0.3 is 0 Å². The van der Waals surface area contributed by atoms with Crippen LogP contribution in [0.1, 0.15) is 16.7 Å². The number of benzene rings is 3. The molecule has 3 aromatic carbocycles. The first-order valence-corrected chi connectivity index (χ1v) is 8.85. The molecule has 0 saturated carbocycles. The van der Waals surface area contributed by atoms with Gasteiger partial charge < -0.3 is 9.26 Å². The van der Waals surface area contributed by atoms with Crippen molar-refractivity contribution in [3.05, 3.63) is 89.5 Å². The van der Waals surface area contributed by atoms with Crippen LogP contribution in [0.5, 0.6) is 5.75 Å². The van der Waals surface area contributed by atoms with Gasteiger partial charge in [0.2, 0.25) is 5.82 Å². The molecule has 0 fully saturated rings. The lowest BCUT2D eigenvalue weighted by Crippen LogP contribution is -1.97. The Morgan fingerprint density at radius 2 is 1.79 bits per heavy atom. The standard InChI is InChI=1S/C23H17N3O2/c1-16-5-2-3-6-20(16)15-27-21-8-4-7-19(13-21)22-25-23(28-26-22)18-11-9-17(14-24)10-12-18/h2-13H,15H2,1H3. The van der Waals surface area contributed by atoms with E-state index in [-0.39, 0.29) is 0 Å². The molecule has 4 aromatic rings. The van der Waals surface area contributed by atoms with Crippen LogP contribution in [0.15, 0.2) is 77.3 Å². The van der Waals surface area contributed by atoms with Crippen molar-refractivity contribution in [1.82, 2.24) is 10.1 Å². The van der Waals surface area contributed by atoms with Gasteiger partial charge in [-0.3, -0.25) is 0 Å². The third kappa shape index (κ3) is 3.76. The summed E-state index contributed by atoms with van der Waals surface area (Å²) in [5, 5.41) is 13.0. The Hall–Kier alpha value is -3.91. The Balaban J connectivity index is 1.52. The molecule has 0 aliphatic rings. The molecule has 0 amide bonds. The van der Waals surface area contributed by atoms with E-state index in [1.807, 2.05) is 36.4 Å². The summed E-state index contributed by atoms with van der Waals surface area (Å²) in [6.45, 7) is 2.57. The van der Waals surface area contributed by atoms with Crippen molar-refractivity contribution in [3.63, 3.8) is 0 Å². The van der Waals surface area contributed by atoms with Crippen LogP contribution < -0.4 is 4.74 Å². The molecule has 0 atom stereocenters. The van der Waals surface area contributed by atoms with Gasteiger partial charge in [-0.15, -0.1) is 0 Å². The van der Waals surface area contributed by atoms with Crippen molar-refractivity contribution in [2.24, 2.45) is 0 Å². The Kier molecular flexibility index (Phi) is 4.85. The van der Waals surface area contributed by atoms with Crippen LogP contribution in [0.2, 0.25) is 0 Å². The molecule has 5 nitrogen and oxygen atoms in total. The minimum atomic E-state index is 0.408. The predicted molar refractivity (Wildman–Crippen MR) is 105 cm³/mol. The molecule has 0 radical (unpaired) electrons. The van der Waals surface area contributed by atoms with E-state index in [2.05, 4.69) is 35.3 Å². The molecule has 0 N–H and O–H groups in total. The van der Waals surface area contributed by atoms with Crippen molar-refractivity contribution >= 4 is 0 Å². The monoisotopic (exact) mass is 367 g/mol. The van der Waals surface area contributed by atoms with E-state index in [0.29, 0.717) is 23.9 Å². The Bertz CT molecular complexity index is 1140. The number of aromatic nitrogens is 2. The van der Waals surface area contributed by atoms with Gasteiger partial charge in [0.15, 0.2) is 0 Å². The van der Waals surface area contributed by atoms with Gasteiger partial charge in [0.05, 0.1) is 11.6 Å². The van der Waals surface area contributed by atoms with Crippen molar-refractivity contribution in [2.45, 2.75) is 13.5 Å². The maximum Gasteiger partial charge on any atom is 0.258 e. The van der Waals surface area contributed by atoms with E-state index >= 15 is 0 Å². The van der Waals surface area contributed by atoms with Crippen molar-refractivity contribution < 1.29 is 9.26 Å². The molecular weight excluding hydrogens is 350 g/mol. The van der Waals surface area contributed by atoms with Gasteiger partial charge in [-0.2, -0.15) is 10.2 Å². The van der Waals surface area contributed by atoms with Crippen LogP contribution in [-0.2, 0) is 6.61 Å². The molecule has 0 spiro atoms. The first-order valence-electron chi connectivity index (χ1n) is 8.85.